The first-order valence-corrected chi connectivity index (χ1v) is 4.72. The van der Waals surface area contributed by atoms with Crippen LogP contribution in [0.15, 0.2) is 18.2 Å². The molecule has 4 heteroatoms. The van der Waals surface area contributed by atoms with Gasteiger partial charge in [0, 0.05) is 6.54 Å². The fraction of sp³-hybridized carbons (Fsp3) is 0.364. The molecule has 1 aromatic carbocycles. The number of fused-ring (bicyclic) bond motifs is 1. The van der Waals surface area contributed by atoms with Gasteiger partial charge in [0.25, 0.3) is 0 Å². The number of rotatable bonds is 1. The van der Waals surface area contributed by atoms with E-state index in [1.54, 1.807) is 0 Å². The first-order chi connectivity index (χ1) is 6.83. The van der Waals surface area contributed by atoms with E-state index in [-0.39, 0.29) is 18.4 Å². The number of methoxy groups -OCH3 is 1. The minimum absolute atomic E-state index is 0. The van der Waals surface area contributed by atoms with E-state index in [0.29, 0.717) is 5.56 Å². The monoisotopic (exact) mass is 227 g/mol. The molecule has 0 saturated carbocycles. The minimum Gasteiger partial charge on any atom is -0.465 e. The molecule has 1 heterocycles. The van der Waals surface area contributed by atoms with Crippen LogP contribution >= 0.6 is 12.4 Å². The molecular weight excluding hydrogens is 214 g/mol. The number of carbonyl (C=O) groups is 1. The molecule has 0 unspecified atom stereocenters. The van der Waals surface area contributed by atoms with Crippen LogP contribution in [0.25, 0.3) is 0 Å². The Balaban J connectivity index is 0.00000112. The van der Waals surface area contributed by atoms with Crippen LogP contribution in [-0.2, 0) is 17.7 Å². The van der Waals surface area contributed by atoms with E-state index in [0.717, 1.165) is 25.1 Å². The quantitative estimate of drug-likeness (QED) is 0.740. The molecule has 0 aliphatic carbocycles. The van der Waals surface area contributed by atoms with Gasteiger partial charge < -0.3 is 10.1 Å². The van der Waals surface area contributed by atoms with Gasteiger partial charge in [0.05, 0.1) is 12.7 Å². The highest BCUT2D eigenvalue weighted by molar-refractivity contribution is 5.91. The van der Waals surface area contributed by atoms with Gasteiger partial charge in [-0.15, -0.1) is 12.4 Å². The molecule has 1 aliphatic heterocycles. The lowest BCUT2D eigenvalue weighted by molar-refractivity contribution is 0.0599. The molecule has 0 saturated heterocycles. The van der Waals surface area contributed by atoms with E-state index in [9.17, 15) is 4.79 Å². The molecule has 0 aromatic heterocycles. The number of nitrogens with one attached hydrogen (secondary N) is 1. The van der Waals surface area contributed by atoms with Gasteiger partial charge in [0.15, 0.2) is 0 Å². The predicted octanol–water partition coefficient (Wildman–Crippen LogP) is 1.54. The van der Waals surface area contributed by atoms with Gasteiger partial charge >= 0.3 is 5.97 Å². The number of hydrogen-bond acceptors (Lipinski definition) is 3. The standard InChI is InChI=1S/C11H13NO2.ClH/c1-14-11(13)10-4-2-3-8-7-12-6-5-9(8)10;/h2-4,12H,5-7H2,1H3;1H. The van der Waals surface area contributed by atoms with E-state index < -0.39 is 0 Å². The molecule has 1 N–H and O–H groups in total. The molecule has 15 heavy (non-hydrogen) atoms. The molecule has 0 bridgehead atoms. The van der Waals surface area contributed by atoms with Crippen molar-refractivity contribution in [3.63, 3.8) is 0 Å². The van der Waals surface area contributed by atoms with Crippen molar-refractivity contribution in [2.45, 2.75) is 13.0 Å². The first-order valence-electron chi connectivity index (χ1n) is 4.72. The fourth-order valence-corrected chi connectivity index (χ4v) is 1.83. The number of hydrogen-bond donors (Lipinski definition) is 1. The SMILES string of the molecule is COC(=O)c1cccc2c1CCNC2.Cl. The van der Waals surface area contributed by atoms with Crippen LogP contribution in [-0.4, -0.2) is 19.6 Å². The lowest BCUT2D eigenvalue weighted by Gasteiger charge is -2.19. The average molecular weight is 228 g/mol. The second kappa shape index (κ2) is 5.14. The van der Waals surface area contributed by atoms with Gasteiger partial charge in [-0.05, 0) is 30.2 Å². The zero-order valence-corrected chi connectivity index (χ0v) is 9.39. The van der Waals surface area contributed by atoms with Gasteiger partial charge in [-0.2, -0.15) is 0 Å². The largest absolute Gasteiger partial charge is 0.465 e. The summed E-state index contributed by atoms with van der Waals surface area (Å²) in [6, 6.07) is 5.78. The van der Waals surface area contributed by atoms with Crippen molar-refractivity contribution in [2.75, 3.05) is 13.7 Å². The fourth-order valence-electron chi connectivity index (χ4n) is 1.83. The van der Waals surface area contributed by atoms with Crippen LogP contribution < -0.4 is 5.32 Å². The van der Waals surface area contributed by atoms with Crippen LogP contribution in [0.4, 0.5) is 0 Å². The Hall–Kier alpha value is -1.06. The summed E-state index contributed by atoms with van der Waals surface area (Å²) in [6.07, 6.45) is 0.903. The molecule has 0 atom stereocenters. The molecule has 2 rings (SSSR count). The molecule has 0 amide bonds. The summed E-state index contributed by atoms with van der Waals surface area (Å²) in [7, 11) is 1.42. The average Bonchev–Trinajstić information content (AvgIpc) is 2.27. The molecule has 1 aromatic rings. The third kappa shape index (κ3) is 2.30. The van der Waals surface area contributed by atoms with Crippen LogP contribution in [0.1, 0.15) is 21.5 Å². The van der Waals surface area contributed by atoms with Crippen LogP contribution in [0.5, 0.6) is 0 Å². The zero-order chi connectivity index (χ0) is 9.97. The second-order valence-electron chi connectivity index (χ2n) is 3.36. The Bertz CT molecular complexity index is 366. The Kier molecular flexibility index (Phi) is 4.12. The van der Waals surface area contributed by atoms with Gasteiger partial charge in [-0.25, -0.2) is 4.79 Å². The van der Waals surface area contributed by atoms with Crippen molar-refractivity contribution in [1.29, 1.82) is 0 Å². The Morgan fingerprint density at radius 2 is 2.27 bits per heavy atom. The summed E-state index contributed by atoms with van der Waals surface area (Å²) in [5.74, 6) is -0.233. The van der Waals surface area contributed by atoms with E-state index in [4.69, 9.17) is 4.74 Å². The first kappa shape index (κ1) is 12.0. The maximum absolute atomic E-state index is 11.4. The summed E-state index contributed by atoms with van der Waals surface area (Å²) in [5, 5.41) is 3.27. The summed E-state index contributed by atoms with van der Waals surface area (Å²) >= 11 is 0. The van der Waals surface area contributed by atoms with Gasteiger partial charge in [-0.3, -0.25) is 0 Å². The van der Waals surface area contributed by atoms with Gasteiger partial charge in [0.2, 0.25) is 0 Å². The number of carbonyl (C=O) groups excluding carboxylic acids is 1. The Morgan fingerprint density at radius 1 is 1.47 bits per heavy atom. The van der Waals surface area contributed by atoms with Crippen LogP contribution in [0.2, 0.25) is 0 Å². The van der Waals surface area contributed by atoms with Crippen molar-refractivity contribution >= 4 is 18.4 Å². The van der Waals surface area contributed by atoms with Crippen LogP contribution in [0.3, 0.4) is 0 Å². The van der Waals surface area contributed by atoms with Gasteiger partial charge in [-0.1, -0.05) is 12.1 Å². The summed E-state index contributed by atoms with van der Waals surface area (Å²) in [5.41, 5.74) is 3.06. The smallest absolute Gasteiger partial charge is 0.338 e. The highest BCUT2D eigenvalue weighted by Gasteiger charge is 2.16. The molecule has 1 aliphatic rings. The van der Waals surface area contributed by atoms with Crippen LogP contribution in [0, 0.1) is 0 Å². The molecule has 3 nitrogen and oxygen atoms in total. The number of benzene rings is 1. The summed E-state index contributed by atoms with van der Waals surface area (Å²) in [4.78, 5) is 11.4. The van der Waals surface area contributed by atoms with Crippen molar-refractivity contribution in [3.8, 4) is 0 Å². The predicted molar refractivity (Wildman–Crippen MR) is 60.4 cm³/mol. The van der Waals surface area contributed by atoms with E-state index in [2.05, 4.69) is 5.32 Å². The third-order valence-electron chi connectivity index (χ3n) is 2.55. The maximum atomic E-state index is 11.4. The summed E-state index contributed by atoms with van der Waals surface area (Å²) in [6.45, 7) is 1.78. The minimum atomic E-state index is -0.233. The van der Waals surface area contributed by atoms with Crippen molar-refractivity contribution in [1.82, 2.24) is 5.32 Å². The number of esters is 1. The maximum Gasteiger partial charge on any atom is 0.338 e. The normalized spacial score (nSPS) is 13.7. The Morgan fingerprint density at radius 3 is 3.00 bits per heavy atom. The lowest BCUT2D eigenvalue weighted by atomic mass is 9.95. The molecule has 0 fully saturated rings. The number of ether oxygens (including phenoxy) is 1. The topological polar surface area (TPSA) is 38.3 Å². The van der Waals surface area contributed by atoms with Crippen molar-refractivity contribution in [2.24, 2.45) is 0 Å². The van der Waals surface area contributed by atoms with Crippen molar-refractivity contribution < 1.29 is 9.53 Å². The highest BCUT2D eigenvalue weighted by Crippen LogP contribution is 2.19. The molecule has 0 spiro atoms. The van der Waals surface area contributed by atoms with Gasteiger partial charge in [0.1, 0.15) is 0 Å². The zero-order valence-electron chi connectivity index (χ0n) is 8.58. The molecular formula is C11H14ClNO2. The van der Waals surface area contributed by atoms with E-state index in [1.807, 2.05) is 18.2 Å². The number of halogens is 1. The van der Waals surface area contributed by atoms with E-state index >= 15 is 0 Å². The third-order valence-corrected chi connectivity index (χ3v) is 2.55. The van der Waals surface area contributed by atoms with Crippen molar-refractivity contribution in [3.05, 3.63) is 34.9 Å². The highest BCUT2D eigenvalue weighted by atomic mass is 35.5. The second-order valence-corrected chi connectivity index (χ2v) is 3.36. The Labute approximate surface area is 95.2 Å². The molecule has 0 radical (unpaired) electrons. The molecule has 82 valence electrons. The summed E-state index contributed by atoms with van der Waals surface area (Å²) < 4.78 is 4.74. The lowest BCUT2D eigenvalue weighted by Crippen LogP contribution is -2.25. The van der Waals surface area contributed by atoms with E-state index in [1.165, 1.54) is 12.7 Å².